The molecule has 1 aromatic rings. The molecule has 1 aliphatic rings. The molecule has 0 aromatic heterocycles. The largest absolute Gasteiger partial charge is 0.495 e. The van der Waals surface area contributed by atoms with Gasteiger partial charge in [-0.3, -0.25) is 4.90 Å². The monoisotopic (exact) mass is 271 g/mol. The zero-order valence-electron chi connectivity index (χ0n) is 10.4. The van der Waals surface area contributed by atoms with Crippen LogP contribution in [0.1, 0.15) is 5.56 Å². The Labute approximate surface area is 112 Å². The van der Waals surface area contributed by atoms with E-state index < -0.39 is 0 Å². The summed E-state index contributed by atoms with van der Waals surface area (Å²) < 4.78 is 10.5. The Morgan fingerprint density at radius 3 is 3.06 bits per heavy atom. The molecule has 1 fully saturated rings. The first-order valence-corrected chi connectivity index (χ1v) is 6.37. The van der Waals surface area contributed by atoms with Crippen LogP contribution in [0.2, 0.25) is 5.02 Å². The maximum Gasteiger partial charge on any atom is 0.137 e. The summed E-state index contributed by atoms with van der Waals surface area (Å²) in [6.45, 7) is 3.00. The number of aliphatic hydroxyl groups is 1. The van der Waals surface area contributed by atoms with Crippen LogP contribution < -0.4 is 4.74 Å². The number of ether oxygens (including phenoxy) is 2. The molecule has 0 spiro atoms. The van der Waals surface area contributed by atoms with Gasteiger partial charge in [0.05, 0.1) is 38.0 Å². The summed E-state index contributed by atoms with van der Waals surface area (Å²) in [4.78, 5) is 2.21. The molecular weight excluding hydrogens is 254 g/mol. The predicted molar refractivity (Wildman–Crippen MR) is 70.1 cm³/mol. The summed E-state index contributed by atoms with van der Waals surface area (Å²) in [5.74, 6) is 0.682. The van der Waals surface area contributed by atoms with E-state index in [1.807, 2.05) is 18.2 Å². The number of nitrogens with zero attached hydrogens (tertiary/aromatic N) is 1. The molecular formula is C13H18ClNO3. The third kappa shape index (κ3) is 3.14. The first-order valence-electron chi connectivity index (χ1n) is 5.99. The van der Waals surface area contributed by atoms with Crippen molar-refractivity contribution in [2.45, 2.75) is 12.6 Å². The average molecular weight is 272 g/mol. The van der Waals surface area contributed by atoms with Gasteiger partial charge in [0.15, 0.2) is 0 Å². The highest BCUT2D eigenvalue weighted by Gasteiger charge is 2.22. The fourth-order valence-electron chi connectivity index (χ4n) is 2.11. The van der Waals surface area contributed by atoms with E-state index in [1.165, 1.54) is 0 Å². The SMILES string of the molecule is COc1ccc(CN2CCOCC2CO)cc1Cl. The molecule has 1 heterocycles. The highest BCUT2D eigenvalue weighted by atomic mass is 35.5. The summed E-state index contributed by atoms with van der Waals surface area (Å²) in [5.41, 5.74) is 1.11. The summed E-state index contributed by atoms with van der Waals surface area (Å²) >= 11 is 6.10. The van der Waals surface area contributed by atoms with Gasteiger partial charge in [0.2, 0.25) is 0 Å². The second-order valence-corrected chi connectivity index (χ2v) is 4.76. The molecule has 0 aliphatic carbocycles. The normalized spacial score (nSPS) is 20.9. The van der Waals surface area contributed by atoms with Crippen LogP contribution in [-0.4, -0.2) is 49.5 Å². The smallest absolute Gasteiger partial charge is 0.137 e. The van der Waals surface area contributed by atoms with Gasteiger partial charge in [0, 0.05) is 13.1 Å². The van der Waals surface area contributed by atoms with E-state index in [1.54, 1.807) is 7.11 Å². The lowest BCUT2D eigenvalue weighted by atomic mass is 10.1. The zero-order valence-corrected chi connectivity index (χ0v) is 11.2. The van der Waals surface area contributed by atoms with Crippen LogP contribution in [0.5, 0.6) is 5.75 Å². The van der Waals surface area contributed by atoms with Crippen LogP contribution in [0, 0.1) is 0 Å². The number of hydrogen-bond donors (Lipinski definition) is 1. The highest BCUT2D eigenvalue weighted by Crippen LogP contribution is 2.26. The first-order chi connectivity index (χ1) is 8.74. The first kappa shape index (κ1) is 13.6. The van der Waals surface area contributed by atoms with Crippen molar-refractivity contribution in [3.63, 3.8) is 0 Å². The molecule has 0 radical (unpaired) electrons. The van der Waals surface area contributed by atoms with Crippen molar-refractivity contribution in [1.29, 1.82) is 0 Å². The van der Waals surface area contributed by atoms with Crippen molar-refractivity contribution in [3.8, 4) is 5.75 Å². The number of halogens is 1. The Bertz CT molecular complexity index is 400. The van der Waals surface area contributed by atoms with E-state index in [4.69, 9.17) is 21.1 Å². The number of benzene rings is 1. The topological polar surface area (TPSA) is 41.9 Å². The van der Waals surface area contributed by atoms with Crippen molar-refractivity contribution in [2.24, 2.45) is 0 Å². The summed E-state index contributed by atoms with van der Waals surface area (Å²) in [7, 11) is 1.60. The zero-order chi connectivity index (χ0) is 13.0. The minimum atomic E-state index is 0.0691. The van der Waals surface area contributed by atoms with Crippen LogP contribution in [0.25, 0.3) is 0 Å². The molecule has 0 amide bonds. The molecule has 0 saturated carbocycles. The lowest BCUT2D eigenvalue weighted by Crippen LogP contribution is -2.46. The van der Waals surface area contributed by atoms with E-state index in [-0.39, 0.29) is 12.6 Å². The minimum absolute atomic E-state index is 0.0691. The Kier molecular flexibility index (Phi) is 4.83. The third-order valence-corrected chi connectivity index (χ3v) is 3.46. The molecule has 100 valence electrons. The van der Waals surface area contributed by atoms with Gasteiger partial charge in [0.25, 0.3) is 0 Å². The lowest BCUT2D eigenvalue weighted by Gasteiger charge is -2.34. The maximum atomic E-state index is 9.31. The van der Waals surface area contributed by atoms with Gasteiger partial charge in [-0.15, -0.1) is 0 Å². The van der Waals surface area contributed by atoms with E-state index >= 15 is 0 Å². The number of rotatable bonds is 4. The third-order valence-electron chi connectivity index (χ3n) is 3.16. The van der Waals surface area contributed by atoms with Crippen molar-refractivity contribution in [2.75, 3.05) is 33.5 Å². The summed E-state index contributed by atoms with van der Waals surface area (Å²) in [6.07, 6.45) is 0. The maximum absolute atomic E-state index is 9.31. The second-order valence-electron chi connectivity index (χ2n) is 4.35. The Balaban J connectivity index is 2.05. The van der Waals surface area contributed by atoms with Crippen LogP contribution in [0.4, 0.5) is 0 Å². The molecule has 1 N–H and O–H groups in total. The highest BCUT2D eigenvalue weighted by molar-refractivity contribution is 6.32. The van der Waals surface area contributed by atoms with Gasteiger partial charge in [-0.1, -0.05) is 17.7 Å². The van der Waals surface area contributed by atoms with Gasteiger partial charge in [-0.2, -0.15) is 0 Å². The fraction of sp³-hybridized carbons (Fsp3) is 0.538. The van der Waals surface area contributed by atoms with Crippen LogP contribution >= 0.6 is 11.6 Å². The van der Waals surface area contributed by atoms with E-state index in [0.29, 0.717) is 24.0 Å². The molecule has 1 unspecified atom stereocenters. The van der Waals surface area contributed by atoms with Gasteiger partial charge < -0.3 is 14.6 Å². The van der Waals surface area contributed by atoms with E-state index in [9.17, 15) is 5.11 Å². The minimum Gasteiger partial charge on any atom is -0.495 e. The van der Waals surface area contributed by atoms with Crippen molar-refractivity contribution in [3.05, 3.63) is 28.8 Å². The molecule has 2 rings (SSSR count). The van der Waals surface area contributed by atoms with Crippen molar-refractivity contribution >= 4 is 11.6 Å². The molecule has 18 heavy (non-hydrogen) atoms. The van der Waals surface area contributed by atoms with Gasteiger partial charge in [0.1, 0.15) is 5.75 Å². The Morgan fingerprint density at radius 2 is 2.39 bits per heavy atom. The quantitative estimate of drug-likeness (QED) is 0.902. The Morgan fingerprint density at radius 1 is 1.56 bits per heavy atom. The van der Waals surface area contributed by atoms with Crippen LogP contribution in [0.15, 0.2) is 18.2 Å². The summed E-state index contributed by atoms with van der Waals surface area (Å²) in [5, 5.41) is 9.92. The van der Waals surface area contributed by atoms with Crippen molar-refractivity contribution in [1.82, 2.24) is 4.90 Å². The van der Waals surface area contributed by atoms with Gasteiger partial charge in [-0.05, 0) is 17.7 Å². The second kappa shape index (κ2) is 6.38. The summed E-state index contributed by atoms with van der Waals surface area (Å²) in [6, 6.07) is 5.84. The number of hydrogen-bond acceptors (Lipinski definition) is 4. The molecule has 4 nitrogen and oxygen atoms in total. The number of methoxy groups -OCH3 is 1. The number of morpholine rings is 1. The standard InChI is InChI=1S/C13H18ClNO3/c1-17-13-3-2-10(6-12(13)14)7-15-4-5-18-9-11(15)8-16/h2-3,6,11,16H,4-5,7-9H2,1H3. The fourth-order valence-corrected chi connectivity index (χ4v) is 2.39. The number of aliphatic hydroxyl groups excluding tert-OH is 1. The molecule has 5 heteroatoms. The lowest BCUT2D eigenvalue weighted by molar-refractivity contribution is -0.0312. The van der Waals surface area contributed by atoms with Crippen LogP contribution in [0.3, 0.4) is 0 Å². The van der Waals surface area contributed by atoms with E-state index in [2.05, 4.69) is 4.90 Å². The molecule has 1 saturated heterocycles. The van der Waals surface area contributed by atoms with Crippen molar-refractivity contribution < 1.29 is 14.6 Å². The molecule has 0 bridgehead atoms. The van der Waals surface area contributed by atoms with Gasteiger partial charge in [-0.25, -0.2) is 0 Å². The average Bonchev–Trinajstić information content (AvgIpc) is 2.39. The molecule has 1 aliphatic heterocycles. The van der Waals surface area contributed by atoms with E-state index in [0.717, 1.165) is 18.7 Å². The Hall–Kier alpha value is -0.810. The van der Waals surface area contributed by atoms with Crippen LogP contribution in [-0.2, 0) is 11.3 Å². The van der Waals surface area contributed by atoms with Gasteiger partial charge >= 0.3 is 0 Å². The molecule has 1 atom stereocenters. The molecule has 1 aromatic carbocycles. The predicted octanol–water partition coefficient (Wildman–Crippen LogP) is 1.54.